The molecule has 0 unspecified atom stereocenters. The van der Waals surface area contributed by atoms with E-state index in [-0.39, 0.29) is 18.6 Å². The molecule has 6 heteroatoms. The van der Waals surface area contributed by atoms with Crippen LogP contribution in [0.4, 0.5) is 0 Å². The topological polar surface area (TPSA) is 76.1 Å². The number of benzene rings is 2. The molecule has 0 heterocycles. The summed E-state index contributed by atoms with van der Waals surface area (Å²) in [7, 11) is 1.50. The van der Waals surface area contributed by atoms with Crippen LogP contribution in [-0.4, -0.2) is 48.2 Å². The summed E-state index contributed by atoms with van der Waals surface area (Å²) in [6.07, 6.45) is 0.542. The lowest BCUT2D eigenvalue weighted by Crippen LogP contribution is -2.37. The van der Waals surface area contributed by atoms with E-state index in [9.17, 15) is 14.7 Å². The number of hydrogen-bond acceptors (Lipinski definition) is 4. The number of carboxylic acids is 1. The Kier molecular flexibility index (Phi) is 7.23. The van der Waals surface area contributed by atoms with Crippen molar-refractivity contribution in [3.05, 3.63) is 59.7 Å². The predicted octanol–water partition coefficient (Wildman–Crippen LogP) is 3.25. The van der Waals surface area contributed by atoms with Gasteiger partial charge in [-0.05, 0) is 44.0 Å². The molecule has 0 aliphatic heterocycles. The van der Waals surface area contributed by atoms with Gasteiger partial charge >= 0.3 is 5.97 Å². The summed E-state index contributed by atoms with van der Waals surface area (Å²) in [5, 5.41) is 9.18. The van der Waals surface area contributed by atoms with Crippen LogP contribution < -0.4 is 9.47 Å². The van der Waals surface area contributed by atoms with Gasteiger partial charge in [0.25, 0.3) is 5.91 Å². The molecular weight excluding hydrogens is 346 g/mol. The number of carbonyl (C=O) groups is 2. The summed E-state index contributed by atoms with van der Waals surface area (Å²) in [4.78, 5) is 25.4. The van der Waals surface area contributed by atoms with E-state index in [1.165, 1.54) is 12.0 Å². The lowest BCUT2D eigenvalue weighted by molar-refractivity contribution is -0.137. The SMILES string of the molecule is COc1cc(C(=O)N(CCc2ccccc2)CC(=O)O)ccc1OC(C)C. The maximum Gasteiger partial charge on any atom is 0.323 e. The molecule has 0 fully saturated rings. The zero-order chi connectivity index (χ0) is 19.8. The van der Waals surface area contributed by atoms with Gasteiger partial charge in [-0.15, -0.1) is 0 Å². The van der Waals surface area contributed by atoms with Crippen LogP contribution in [0, 0.1) is 0 Å². The molecule has 1 N–H and O–H groups in total. The third-order valence-corrected chi connectivity index (χ3v) is 3.90. The van der Waals surface area contributed by atoms with Gasteiger partial charge < -0.3 is 19.5 Å². The highest BCUT2D eigenvalue weighted by atomic mass is 16.5. The number of carbonyl (C=O) groups excluding carboxylic acids is 1. The van der Waals surface area contributed by atoms with E-state index in [0.29, 0.717) is 30.0 Å². The molecule has 6 nitrogen and oxygen atoms in total. The third-order valence-electron chi connectivity index (χ3n) is 3.90. The summed E-state index contributed by atoms with van der Waals surface area (Å²) >= 11 is 0. The number of aliphatic carboxylic acids is 1. The van der Waals surface area contributed by atoms with E-state index in [0.717, 1.165) is 5.56 Å². The monoisotopic (exact) mass is 371 g/mol. The molecule has 0 bridgehead atoms. The number of methoxy groups -OCH3 is 1. The number of rotatable bonds is 9. The first-order valence-electron chi connectivity index (χ1n) is 8.80. The molecule has 1 amide bonds. The molecule has 0 saturated heterocycles. The van der Waals surface area contributed by atoms with Crippen LogP contribution in [0.2, 0.25) is 0 Å². The average molecular weight is 371 g/mol. The summed E-state index contributed by atoms with van der Waals surface area (Å²) in [5.74, 6) is -0.433. The highest BCUT2D eigenvalue weighted by Gasteiger charge is 2.20. The average Bonchev–Trinajstić information content (AvgIpc) is 2.65. The predicted molar refractivity (Wildman–Crippen MR) is 102 cm³/mol. The van der Waals surface area contributed by atoms with Crippen molar-refractivity contribution in [2.24, 2.45) is 0 Å². The van der Waals surface area contributed by atoms with Gasteiger partial charge in [0.2, 0.25) is 0 Å². The van der Waals surface area contributed by atoms with Crippen LogP contribution >= 0.6 is 0 Å². The summed E-state index contributed by atoms with van der Waals surface area (Å²) < 4.78 is 11.0. The minimum atomic E-state index is -1.05. The Morgan fingerprint density at radius 2 is 1.78 bits per heavy atom. The highest BCUT2D eigenvalue weighted by molar-refractivity contribution is 5.96. The van der Waals surface area contributed by atoms with Crippen molar-refractivity contribution in [2.45, 2.75) is 26.4 Å². The van der Waals surface area contributed by atoms with Crippen LogP contribution in [0.1, 0.15) is 29.8 Å². The second kappa shape index (κ2) is 9.62. The smallest absolute Gasteiger partial charge is 0.323 e. The van der Waals surface area contributed by atoms with Crippen molar-refractivity contribution in [3.8, 4) is 11.5 Å². The zero-order valence-electron chi connectivity index (χ0n) is 15.8. The largest absolute Gasteiger partial charge is 0.493 e. The molecule has 0 radical (unpaired) electrons. The summed E-state index contributed by atoms with van der Waals surface area (Å²) in [6, 6.07) is 14.5. The molecule has 144 valence electrons. The second-order valence-electron chi connectivity index (χ2n) is 6.39. The highest BCUT2D eigenvalue weighted by Crippen LogP contribution is 2.29. The number of carboxylic acid groups (broad SMARTS) is 1. The molecule has 0 spiro atoms. The Bertz CT molecular complexity index is 773. The summed E-state index contributed by atoms with van der Waals surface area (Å²) in [5.41, 5.74) is 1.40. The molecule has 0 aliphatic rings. The van der Waals surface area contributed by atoms with Crippen LogP contribution in [0.3, 0.4) is 0 Å². The number of amides is 1. The summed E-state index contributed by atoms with van der Waals surface area (Å²) in [6.45, 7) is 3.74. The van der Waals surface area contributed by atoms with Crippen molar-refractivity contribution in [3.63, 3.8) is 0 Å². The minimum Gasteiger partial charge on any atom is -0.493 e. The van der Waals surface area contributed by atoms with E-state index >= 15 is 0 Å². The van der Waals surface area contributed by atoms with Crippen LogP contribution in [-0.2, 0) is 11.2 Å². The Hall–Kier alpha value is -3.02. The quantitative estimate of drug-likeness (QED) is 0.732. The standard InChI is InChI=1S/C21H25NO5/c1-15(2)27-18-10-9-17(13-19(18)26-3)21(25)22(14-20(23)24)12-11-16-7-5-4-6-8-16/h4-10,13,15H,11-12,14H2,1-3H3,(H,23,24). The van der Waals surface area contributed by atoms with Gasteiger partial charge in [0, 0.05) is 12.1 Å². The maximum atomic E-state index is 12.9. The molecule has 2 aromatic carbocycles. The maximum absolute atomic E-state index is 12.9. The van der Waals surface area contributed by atoms with Crippen LogP contribution in [0.25, 0.3) is 0 Å². The van der Waals surface area contributed by atoms with Gasteiger partial charge in [0.1, 0.15) is 6.54 Å². The Labute approximate surface area is 159 Å². The fraction of sp³-hybridized carbons (Fsp3) is 0.333. The van der Waals surface area contributed by atoms with Crippen LogP contribution in [0.5, 0.6) is 11.5 Å². The Morgan fingerprint density at radius 3 is 2.37 bits per heavy atom. The molecule has 2 aromatic rings. The zero-order valence-corrected chi connectivity index (χ0v) is 15.8. The normalized spacial score (nSPS) is 10.5. The first-order valence-corrected chi connectivity index (χ1v) is 8.80. The van der Waals surface area contributed by atoms with E-state index in [1.807, 2.05) is 44.2 Å². The number of nitrogens with zero attached hydrogens (tertiary/aromatic N) is 1. The van der Waals surface area contributed by atoms with Gasteiger partial charge in [-0.1, -0.05) is 30.3 Å². The molecule has 0 aromatic heterocycles. The first kappa shape index (κ1) is 20.3. The van der Waals surface area contributed by atoms with Gasteiger partial charge in [-0.25, -0.2) is 0 Å². The fourth-order valence-electron chi connectivity index (χ4n) is 2.66. The lowest BCUT2D eigenvalue weighted by Gasteiger charge is -2.22. The van der Waals surface area contributed by atoms with E-state index < -0.39 is 5.97 Å². The van der Waals surface area contributed by atoms with Crippen molar-refractivity contribution >= 4 is 11.9 Å². The molecule has 0 saturated carbocycles. The Balaban J connectivity index is 2.19. The first-order chi connectivity index (χ1) is 12.9. The Morgan fingerprint density at radius 1 is 1.07 bits per heavy atom. The second-order valence-corrected chi connectivity index (χ2v) is 6.39. The fourth-order valence-corrected chi connectivity index (χ4v) is 2.66. The van der Waals surface area contributed by atoms with Gasteiger partial charge in [0.15, 0.2) is 11.5 Å². The lowest BCUT2D eigenvalue weighted by atomic mass is 10.1. The van der Waals surface area contributed by atoms with Crippen molar-refractivity contribution in [1.82, 2.24) is 4.90 Å². The molecule has 27 heavy (non-hydrogen) atoms. The van der Waals surface area contributed by atoms with Crippen molar-refractivity contribution in [1.29, 1.82) is 0 Å². The van der Waals surface area contributed by atoms with Crippen molar-refractivity contribution < 1.29 is 24.2 Å². The molecule has 0 aliphatic carbocycles. The molecule has 0 atom stereocenters. The van der Waals surface area contributed by atoms with Crippen LogP contribution in [0.15, 0.2) is 48.5 Å². The van der Waals surface area contributed by atoms with Gasteiger partial charge in [0.05, 0.1) is 13.2 Å². The molecular formula is C21H25NO5. The van der Waals surface area contributed by atoms with Crippen molar-refractivity contribution in [2.75, 3.05) is 20.2 Å². The number of ether oxygens (including phenoxy) is 2. The number of hydrogen-bond donors (Lipinski definition) is 1. The van der Waals surface area contributed by atoms with E-state index in [2.05, 4.69) is 0 Å². The van der Waals surface area contributed by atoms with Gasteiger partial charge in [-0.3, -0.25) is 9.59 Å². The van der Waals surface area contributed by atoms with E-state index in [1.54, 1.807) is 18.2 Å². The molecule has 2 rings (SSSR count). The van der Waals surface area contributed by atoms with Gasteiger partial charge in [-0.2, -0.15) is 0 Å². The minimum absolute atomic E-state index is 0.0326. The third kappa shape index (κ3) is 6.02. The van der Waals surface area contributed by atoms with E-state index in [4.69, 9.17) is 9.47 Å².